The van der Waals surface area contributed by atoms with Gasteiger partial charge in [0, 0.05) is 12.6 Å². The summed E-state index contributed by atoms with van der Waals surface area (Å²) in [5, 5.41) is 0. The van der Waals surface area contributed by atoms with Gasteiger partial charge in [-0.25, -0.2) is 0 Å². The van der Waals surface area contributed by atoms with Crippen LogP contribution in [0.25, 0.3) is 0 Å². The van der Waals surface area contributed by atoms with Crippen LogP contribution < -0.4 is 5.73 Å². The Morgan fingerprint density at radius 1 is 1.33 bits per heavy atom. The lowest BCUT2D eigenvalue weighted by molar-refractivity contribution is 0.167. The minimum absolute atomic E-state index is 0.766. The van der Waals surface area contributed by atoms with Crippen molar-refractivity contribution in [3.8, 4) is 0 Å². The van der Waals surface area contributed by atoms with Crippen LogP contribution in [0.5, 0.6) is 0 Å². The molecule has 2 atom stereocenters. The molecule has 1 saturated heterocycles. The second-order valence-corrected chi connectivity index (χ2v) is 5.09. The highest BCUT2D eigenvalue weighted by Gasteiger charge is 2.20. The molecule has 0 amide bonds. The summed E-state index contributed by atoms with van der Waals surface area (Å²) >= 11 is 0. The molecule has 0 aromatic carbocycles. The van der Waals surface area contributed by atoms with E-state index in [1.807, 2.05) is 0 Å². The van der Waals surface area contributed by atoms with Crippen molar-refractivity contribution in [2.24, 2.45) is 11.7 Å². The Bertz CT molecular complexity index is 159. The molecule has 0 bridgehead atoms. The summed E-state index contributed by atoms with van der Waals surface area (Å²) < 4.78 is 0. The second kappa shape index (κ2) is 7.24. The van der Waals surface area contributed by atoms with E-state index in [2.05, 4.69) is 18.7 Å². The van der Waals surface area contributed by atoms with Crippen molar-refractivity contribution < 1.29 is 0 Å². The third-order valence-corrected chi connectivity index (χ3v) is 3.68. The van der Waals surface area contributed by atoms with Crippen molar-refractivity contribution in [2.75, 3.05) is 19.6 Å². The van der Waals surface area contributed by atoms with Gasteiger partial charge in [-0.15, -0.1) is 0 Å². The lowest BCUT2D eigenvalue weighted by Crippen LogP contribution is -2.38. The van der Waals surface area contributed by atoms with E-state index in [-0.39, 0.29) is 0 Å². The van der Waals surface area contributed by atoms with Crippen LogP contribution in [0.2, 0.25) is 0 Å². The van der Waals surface area contributed by atoms with E-state index in [4.69, 9.17) is 5.73 Å². The monoisotopic (exact) mass is 212 g/mol. The summed E-state index contributed by atoms with van der Waals surface area (Å²) in [5.74, 6) is 0.766. The zero-order valence-electron chi connectivity index (χ0n) is 10.5. The van der Waals surface area contributed by atoms with E-state index in [9.17, 15) is 0 Å². The summed E-state index contributed by atoms with van der Waals surface area (Å²) in [6.45, 7) is 8.08. The minimum Gasteiger partial charge on any atom is -0.330 e. The number of hydrogen-bond acceptors (Lipinski definition) is 2. The highest BCUT2D eigenvalue weighted by molar-refractivity contribution is 4.75. The first-order valence-electron chi connectivity index (χ1n) is 6.72. The Hall–Kier alpha value is -0.0800. The molecule has 0 saturated carbocycles. The Balaban J connectivity index is 2.40. The lowest BCUT2D eigenvalue weighted by atomic mass is 10.0. The fourth-order valence-electron chi connectivity index (χ4n) is 2.72. The zero-order valence-corrected chi connectivity index (χ0v) is 10.5. The number of hydrogen-bond donors (Lipinski definition) is 1. The van der Waals surface area contributed by atoms with Crippen LogP contribution in [0.15, 0.2) is 0 Å². The molecule has 15 heavy (non-hydrogen) atoms. The van der Waals surface area contributed by atoms with Gasteiger partial charge in [-0.05, 0) is 44.7 Å². The van der Waals surface area contributed by atoms with Crippen molar-refractivity contribution in [2.45, 2.75) is 58.4 Å². The molecule has 0 radical (unpaired) electrons. The van der Waals surface area contributed by atoms with E-state index < -0.39 is 0 Å². The van der Waals surface area contributed by atoms with Crippen LogP contribution in [0.1, 0.15) is 52.4 Å². The van der Waals surface area contributed by atoms with Crippen LogP contribution in [0.4, 0.5) is 0 Å². The summed E-state index contributed by atoms with van der Waals surface area (Å²) in [5.41, 5.74) is 5.61. The van der Waals surface area contributed by atoms with Crippen molar-refractivity contribution in [3.05, 3.63) is 0 Å². The first kappa shape index (κ1) is 13.0. The zero-order chi connectivity index (χ0) is 11.1. The molecule has 0 aromatic heterocycles. The molecule has 2 unspecified atom stereocenters. The van der Waals surface area contributed by atoms with Crippen molar-refractivity contribution in [3.63, 3.8) is 0 Å². The molecular formula is C13H28N2. The average Bonchev–Trinajstić information content (AvgIpc) is 2.43. The Morgan fingerprint density at radius 3 is 2.80 bits per heavy atom. The number of nitrogens with zero attached hydrogens (tertiary/aromatic N) is 1. The second-order valence-electron chi connectivity index (χ2n) is 5.09. The largest absolute Gasteiger partial charge is 0.330 e. The first-order chi connectivity index (χ1) is 7.27. The molecule has 0 aliphatic carbocycles. The Kier molecular flexibility index (Phi) is 6.26. The number of rotatable bonds is 5. The third kappa shape index (κ3) is 4.52. The van der Waals surface area contributed by atoms with Gasteiger partial charge in [-0.2, -0.15) is 0 Å². The molecule has 0 aromatic rings. The van der Waals surface area contributed by atoms with Gasteiger partial charge in [0.05, 0.1) is 0 Å². The molecule has 90 valence electrons. The van der Waals surface area contributed by atoms with Gasteiger partial charge in [0.25, 0.3) is 0 Å². The van der Waals surface area contributed by atoms with Crippen LogP contribution in [-0.2, 0) is 0 Å². The topological polar surface area (TPSA) is 29.3 Å². The predicted molar refractivity (Wildman–Crippen MR) is 67.0 cm³/mol. The van der Waals surface area contributed by atoms with E-state index in [1.54, 1.807) is 0 Å². The lowest BCUT2D eigenvalue weighted by Gasteiger charge is -2.31. The summed E-state index contributed by atoms with van der Waals surface area (Å²) in [6.07, 6.45) is 8.15. The molecule has 2 N–H and O–H groups in total. The maximum absolute atomic E-state index is 5.61. The summed E-state index contributed by atoms with van der Waals surface area (Å²) in [7, 11) is 0. The molecule has 1 aliphatic rings. The van der Waals surface area contributed by atoms with E-state index in [1.165, 1.54) is 51.6 Å². The van der Waals surface area contributed by atoms with E-state index >= 15 is 0 Å². The smallest absolute Gasteiger partial charge is 0.00927 e. The average molecular weight is 212 g/mol. The van der Waals surface area contributed by atoms with Crippen molar-refractivity contribution >= 4 is 0 Å². The van der Waals surface area contributed by atoms with Gasteiger partial charge in [0.15, 0.2) is 0 Å². The highest BCUT2D eigenvalue weighted by Crippen LogP contribution is 2.20. The van der Waals surface area contributed by atoms with Crippen molar-refractivity contribution in [1.29, 1.82) is 0 Å². The first-order valence-corrected chi connectivity index (χ1v) is 6.72. The summed E-state index contributed by atoms with van der Waals surface area (Å²) in [4.78, 5) is 2.72. The molecular weight excluding hydrogens is 184 g/mol. The van der Waals surface area contributed by atoms with Crippen LogP contribution in [0.3, 0.4) is 0 Å². The fourth-order valence-corrected chi connectivity index (χ4v) is 2.72. The predicted octanol–water partition coefficient (Wildman–Crippen LogP) is 2.63. The maximum atomic E-state index is 5.61. The highest BCUT2D eigenvalue weighted by atomic mass is 15.2. The van der Waals surface area contributed by atoms with Gasteiger partial charge in [0.2, 0.25) is 0 Å². The Labute approximate surface area is 95.2 Å². The Morgan fingerprint density at radius 2 is 2.13 bits per heavy atom. The molecule has 1 aliphatic heterocycles. The molecule has 1 rings (SSSR count). The van der Waals surface area contributed by atoms with Gasteiger partial charge < -0.3 is 10.6 Å². The van der Waals surface area contributed by atoms with Crippen LogP contribution >= 0.6 is 0 Å². The third-order valence-electron chi connectivity index (χ3n) is 3.68. The van der Waals surface area contributed by atoms with E-state index in [0.29, 0.717) is 0 Å². The molecule has 2 nitrogen and oxygen atoms in total. The molecule has 1 fully saturated rings. The van der Waals surface area contributed by atoms with Gasteiger partial charge in [-0.1, -0.05) is 26.7 Å². The maximum Gasteiger partial charge on any atom is 0.00927 e. The fraction of sp³-hybridized carbons (Fsp3) is 1.00. The van der Waals surface area contributed by atoms with Gasteiger partial charge in [-0.3, -0.25) is 0 Å². The van der Waals surface area contributed by atoms with Crippen LogP contribution in [0, 0.1) is 5.92 Å². The number of nitrogens with two attached hydrogens (primary N) is 1. The molecule has 0 spiro atoms. The van der Waals surface area contributed by atoms with Crippen molar-refractivity contribution in [1.82, 2.24) is 4.90 Å². The van der Waals surface area contributed by atoms with Crippen LogP contribution in [-0.4, -0.2) is 30.6 Å². The molecule has 1 heterocycles. The van der Waals surface area contributed by atoms with Gasteiger partial charge >= 0.3 is 0 Å². The quantitative estimate of drug-likeness (QED) is 0.759. The van der Waals surface area contributed by atoms with E-state index in [0.717, 1.165) is 18.5 Å². The van der Waals surface area contributed by atoms with Gasteiger partial charge in [0.1, 0.15) is 0 Å². The standard InChI is InChI=1S/C13H28N2/c1-3-13-7-5-4-6-10-15(13)11-12(2)8-9-14/h12-13H,3-11,14H2,1-2H3. The number of likely N-dealkylation sites (tertiary alicyclic amines) is 1. The SMILES string of the molecule is CCC1CCCCCN1CC(C)CCN. The normalized spacial score (nSPS) is 26.2. The molecule has 2 heteroatoms. The minimum atomic E-state index is 0.766. The summed E-state index contributed by atoms with van der Waals surface area (Å²) in [6, 6.07) is 0.840.